The predicted octanol–water partition coefficient (Wildman–Crippen LogP) is 1.92. The lowest BCUT2D eigenvalue weighted by molar-refractivity contribution is 0.289. The molecule has 1 N–H and O–H groups in total. The molecule has 0 atom stereocenters. The molecule has 0 bridgehead atoms. The Morgan fingerprint density at radius 2 is 2.12 bits per heavy atom. The molecule has 1 heterocycles. The molecule has 0 radical (unpaired) electrons. The molecule has 94 valence electrons. The second-order valence-electron chi connectivity index (χ2n) is 4.67. The average molecular weight is 235 g/mol. The van der Waals surface area contributed by atoms with Crippen molar-refractivity contribution in [2.75, 3.05) is 18.1 Å². The summed E-state index contributed by atoms with van der Waals surface area (Å²) in [7, 11) is 0. The lowest BCUT2D eigenvalue weighted by Gasteiger charge is -2.34. The predicted molar refractivity (Wildman–Crippen MR) is 68.1 cm³/mol. The number of aryl methyl sites for hydroxylation is 1. The van der Waals surface area contributed by atoms with Crippen LogP contribution in [0.4, 0.5) is 5.82 Å². The van der Waals surface area contributed by atoms with E-state index in [1.54, 1.807) is 6.20 Å². The number of nitrogens with zero attached hydrogens (tertiary/aromatic N) is 3. The molecule has 1 aromatic rings. The van der Waals surface area contributed by atoms with Gasteiger partial charge in [0.05, 0.1) is 6.61 Å². The molecule has 17 heavy (non-hydrogen) atoms. The summed E-state index contributed by atoms with van der Waals surface area (Å²) < 4.78 is 0. The van der Waals surface area contributed by atoms with Crippen LogP contribution in [0, 0.1) is 6.92 Å². The SMILES string of the molecule is Cc1nccc(N(CCO)C2CCCCC2)n1. The number of aromatic nitrogens is 2. The smallest absolute Gasteiger partial charge is 0.132 e. The fourth-order valence-corrected chi connectivity index (χ4v) is 2.59. The van der Waals surface area contributed by atoms with Gasteiger partial charge in [0.15, 0.2) is 0 Å². The van der Waals surface area contributed by atoms with Crippen LogP contribution in [0.2, 0.25) is 0 Å². The standard InChI is InChI=1S/C13H21N3O/c1-11-14-8-7-13(15-11)16(9-10-17)12-5-3-2-4-6-12/h7-8,12,17H,2-6,9-10H2,1H3. The molecule has 1 aliphatic carbocycles. The van der Waals surface area contributed by atoms with Crippen LogP contribution in [0.1, 0.15) is 37.9 Å². The quantitative estimate of drug-likeness (QED) is 0.866. The Kier molecular flexibility index (Phi) is 4.31. The first-order valence-corrected chi connectivity index (χ1v) is 6.48. The number of anilines is 1. The fourth-order valence-electron chi connectivity index (χ4n) is 2.59. The van der Waals surface area contributed by atoms with E-state index in [0.29, 0.717) is 12.6 Å². The molecule has 0 aromatic carbocycles. The molecule has 1 aliphatic rings. The summed E-state index contributed by atoms with van der Waals surface area (Å²) in [4.78, 5) is 10.8. The van der Waals surface area contributed by atoms with E-state index in [2.05, 4.69) is 14.9 Å². The van der Waals surface area contributed by atoms with Gasteiger partial charge in [-0.3, -0.25) is 0 Å². The van der Waals surface area contributed by atoms with Gasteiger partial charge in [-0.1, -0.05) is 19.3 Å². The van der Waals surface area contributed by atoms with Crippen molar-refractivity contribution in [2.24, 2.45) is 0 Å². The van der Waals surface area contributed by atoms with E-state index >= 15 is 0 Å². The highest BCUT2D eigenvalue weighted by Gasteiger charge is 2.21. The highest BCUT2D eigenvalue weighted by molar-refractivity contribution is 5.39. The summed E-state index contributed by atoms with van der Waals surface area (Å²) >= 11 is 0. The molecule has 0 aliphatic heterocycles. The van der Waals surface area contributed by atoms with Gasteiger partial charge in [0, 0.05) is 18.8 Å². The molecule has 4 nitrogen and oxygen atoms in total. The summed E-state index contributed by atoms with van der Waals surface area (Å²) in [5.41, 5.74) is 0. The number of aliphatic hydroxyl groups excluding tert-OH is 1. The van der Waals surface area contributed by atoms with E-state index in [4.69, 9.17) is 0 Å². The molecule has 0 unspecified atom stereocenters. The monoisotopic (exact) mass is 235 g/mol. The Labute approximate surface area is 103 Å². The highest BCUT2D eigenvalue weighted by atomic mass is 16.3. The summed E-state index contributed by atoms with van der Waals surface area (Å²) in [6.07, 6.45) is 8.14. The largest absolute Gasteiger partial charge is 0.395 e. The van der Waals surface area contributed by atoms with E-state index in [1.165, 1.54) is 32.1 Å². The van der Waals surface area contributed by atoms with Crippen LogP contribution in [-0.4, -0.2) is 34.3 Å². The van der Waals surface area contributed by atoms with Crippen LogP contribution in [0.15, 0.2) is 12.3 Å². The van der Waals surface area contributed by atoms with Gasteiger partial charge < -0.3 is 10.0 Å². The molecular formula is C13H21N3O. The van der Waals surface area contributed by atoms with Gasteiger partial charge >= 0.3 is 0 Å². The van der Waals surface area contributed by atoms with Crippen molar-refractivity contribution in [3.63, 3.8) is 0 Å². The molecule has 1 saturated carbocycles. The third-order valence-electron chi connectivity index (χ3n) is 3.41. The molecule has 2 rings (SSSR count). The van der Waals surface area contributed by atoms with Crippen LogP contribution in [0.25, 0.3) is 0 Å². The molecule has 0 amide bonds. The minimum atomic E-state index is 0.180. The molecule has 0 spiro atoms. The first-order chi connectivity index (χ1) is 8.31. The van der Waals surface area contributed by atoms with Crippen molar-refractivity contribution in [3.05, 3.63) is 18.1 Å². The van der Waals surface area contributed by atoms with E-state index in [-0.39, 0.29) is 6.61 Å². The van der Waals surface area contributed by atoms with Crippen molar-refractivity contribution < 1.29 is 5.11 Å². The number of hydrogen-bond acceptors (Lipinski definition) is 4. The zero-order chi connectivity index (χ0) is 12.1. The van der Waals surface area contributed by atoms with Gasteiger partial charge in [0.2, 0.25) is 0 Å². The van der Waals surface area contributed by atoms with Crippen LogP contribution >= 0.6 is 0 Å². The maximum atomic E-state index is 9.21. The third-order valence-corrected chi connectivity index (χ3v) is 3.41. The Balaban J connectivity index is 2.15. The summed E-state index contributed by atoms with van der Waals surface area (Å²) in [6.45, 7) is 2.75. The van der Waals surface area contributed by atoms with Crippen molar-refractivity contribution >= 4 is 5.82 Å². The molecule has 4 heteroatoms. The second kappa shape index (κ2) is 5.96. The van der Waals surface area contributed by atoms with Crippen LogP contribution < -0.4 is 4.90 Å². The Hall–Kier alpha value is -1.16. The zero-order valence-corrected chi connectivity index (χ0v) is 10.5. The molecule has 1 fully saturated rings. The van der Waals surface area contributed by atoms with E-state index in [1.807, 2.05) is 13.0 Å². The van der Waals surface area contributed by atoms with Crippen molar-refractivity contribution in [3.8, 4) is 0 Å². The van der Waals surface area contributed by atoms with Gasteiger partial charge in [-0.2, -0.15) is 0 Å². The van der Waals surface area contributed by atoms with Crippen molar-refractivity contribution in [1.29, 1.82) is 0 Å². The molecule has 0 saturated heterocycles. The maximum Gasteiger partial charge on any atom is 0.132 e. The van der Waals surface area contributed by atoms with Crippen molar-refractivity contribution in [1.82, 2.24) is 9.97 Å². The maximum absolute atomic E-state index is 9.21. The topological polar surface area (TPSA) is 49.2 Å². The summed E-state index contributed by atoms with van der Waals surface area (Å²) in [5.74, 6) is 1.75. The lowest BCUT2D eigenvalue weighted by atomic mass is 9.94. The molecule has 1 aromatic heterocycles. The van der Waals surface area contributed by atoms with Gasteiger partial charge in [0.1, 0.15) is 11.6 Å². The minimum absolute atomic E-state index is 0.180. The third kappa shape index (κ3) is 3.16. The minimum Gasteiger partial charge on any atom is -0.395 e. The van der Waals surface area contributed by atoms with Gasteiger partial charge in [-0.15, -0.1) is 0 Å². The van der Waals surface area contributed by atoms with E-state index in [0.717, 1.165) is 11.6 Å². The second-order valence-corrected chi connectivity index (χ2v) is 4.67. The van der Waals surface area contributed by atoms with Crippen LogP contribution in [0.5, 0.6) is 0 Å². The number of rotatable bonds is 4. The van der Waals surface area contributed by atoms with Crippen LogP contribution in [0.3, 0.4) is 0 Å². The zero-order valence-electron chi connectivity index (χ0n) is 10.5. The number of hydrogen-bond donors (Lipinski definition) is 1. The van der Waals surface area contributed by atoms with Crippen molar-refractivity contribution in [2.45, 2.75) is 45.1 Å². The molecular weight excluding hydrogens is 214 g/mol. The Morgan fingerprint density at radius 1 is 1.35 bits per heavy atom. The Bertz CT molecular complexity index is 350. The first-order valence-electron chi connectivity index (χ1n) is 6.48. The first kappa shape index (κ1) is 12.3. The average Bonchev–Trinajstić information content (AvgIpc) is 2.37. The van der Waals surface area contributed by atoms with E-state index in [9.17, 15) is 5.11 Å². The van der Waals surface area contributed by atoms with Crippen LogP contribution in [-0.2, 0) is 0 Å². The van der Waals surface area contributed by atoms with E-state index < -0.39 is 0 Å². The van der Waals surface area contributed by atoms with Gasteiger partial charge in [0.25, 0.3) is 0 Å². The highest BCUT2D eigenvalue weighted by Crippen LogP contribution is 2.25. The lowest BCUT2D eigenvalue weighted by Crippen LogP contribution is -2.39. The van der Waals surface area contributed by atoms with Gasteiger partial charge in [-0.05, 0) is 25.8 Å². The summed E-state index contributed by atoms with van der Waals surface area (Å²) in [6, 6.07) is 2.47. The summed E-state index contributed by atoms with van der Waals surface area (Å²) in [5, 5.41) is 9.21. The fraction of sp³-hybridized carbons (Fsp3) is 0.692. The Morgan fingerprint density at radius 3 is 2.76 bits per heavy atom. The normalized spacial score (nSPS) is 17.1. The number of aliphatic hydroxyl groups is 1. The van der Waals surface area contributed by atoms with Gasteiger partial charge in [-0.25, -0.2) is 9.97 Å².